The van der Waals surface area contributed by atoms with Crippen LogP contribution in [0.2, 0.25) is 0 Å². The fourth-order valence-electron chi connectivity index (χ4n) is 0.466. The average Bonchev–Trinajstić information content (AvgIpc) is 1.87. The van der Waals surface area contributed by atoms with Crippen LogP contribution in [0.3, 0.4) is 0 Å². The lowest BCUT2D eigenvalue weighted by atomic mass is 10.3. The van der Waals surface area contributed by atoms with E-state index in [0.717, 1.165) is 0 Å². The van der Waals surface area contributed by atoms with Crippen molar-refractivity contribution in [1.82, 2.24) is 0 Å². The van der Waals surface area contributed by atoms with Crippen LogP contribution in [0.5, 0.6) is 0 Å². The van der Waals surface area contributed by atoms with Gasteiger partial charge in [-0.05, 0) is 5.11 Å². The Bertz CT molecular complexity index is 144. The second-order valence-corrected chi connectivity index (χ2v) is 1.77. The summed E-state index contributed by atoms with van der Waals surface area (Å²) in [6.07, 6.45) is 0.366. The van der Waals surface area contributed by atoms with Gasteiger partial charge in [-0.3, -0.25) is 4.79 Å². The molecule has 0 aromatic rings. The van der Waals surface area contributed by atoms with Crippen molar-refractivity contribution in [3.05, 3.63) is 5.21 Å². The van der Waals surface area contributed by atoms with Crippen molar-refractivity contribution in [3.63, 3.8) is 0 Å². The summed E-state index contributed by atoms with van der Waals surface area (Å²) in [5, 5.41) is 21.8. The monoisotopic (exact) mass is 146 g/mol. The van der Waals surface area contributed by atoms with Gasteiger partial charge in [0.2, 0.25) is 0 Å². The number of carbonyl (C=O) groups is 1. The molecule has 0 rings (SSSR count). The molecule has 5 nitrogen and oxygen atoms in total. The molecule has 0 heterocycles. The first-order chi connectivity index (χ1) is 4.66. The molecule has 10 heavy (non-hydrogen) atoms. The highest BCUT2D eigenvalue weighted by Gasteiger charge is 1.99. The minimum atomic E-state index is -0.885. The highest BCUT2D eigenvalue weighted by molar-refractivity contribution is 5.66. The first kappa shape index (κ1) is 8.87. The van der Waals surface area contributed by atoms with E-state index in [1.165, 1.54) is 7.05 Å². The van der Waals surface area contributed by atoms with Crippen molar-refractivity contribution in [2.24, 2.45) is 5.11 Å². The van der Waals surface area contributed by atoms with Crippen molar-refractivity contribution in [3.8, 4) is 0 Å². The Morgan fingerprint density at radius 2 is 2.40 bits per heavy atom. The first-order valence-electron chi connectivity index (χ1n) is 2.93. The molecule has 1 N–H and O–H groups in total. The van der Waals surface area contributed by atoms with Gasteiger partial charge in [0.15, 0.2) is 6.54 Å². The maximum atomic E-state index is 10.4. The lowest BCUT2D eigenvalue weighted by Crippen LogP contribution is -2.05. The highest BCUT2D eigenvalue weighted by Crippen LogP contribution is 1.88. The van der Waals surface area contributed by atoms with E-state index in [1.54, 1.807) is 0 Å². The summed E-state index contributed by atoms with van der Waals surface area (Å²) in [5.41, 5.74) is 0. The van der Waals surface area contributed by atoms with E-state index in [-0.39, 0.29) is 13.0 Å². The summed E-state index contributed by atoms with van der Waals surface area (Å²) < 4.78 is 0. The maximum Gasteiger partial charge on any atom is 0.303 e. The molecule has 0 unspecified atom stereocenters. The van der Waals surface area contributed by atoms with E-state index in [0.29, 0.717) is 11.3 Å². The second kappa shape index (κ2) is 4.72. The number of rotatable bonds is 4. The van der Waals surface area contributed by atoms with E-state index in [4.69, 9.17) is 5.11 Å². The third-order valence-electron chi connectivity index (χ3n) is 0.963. The van der Waals surface area contributed by atoms with Gasteiger partial charge in [-0.1, -0.05) is 4.86 Å². The fourth-order valence-corrected chi connectivity index (χ4v) is 0.466. The predicted octanol–water partition coefficient (Wildman–Crippen LogP) is 0.444. The zero-order valence-corrected chi connectivity index (χ0v) is 5.78. The molecule has 0 aliphatic heterocycles. The second-order valence-electron chi connectivity index (χ2n) is 1.77. The standard InChI is InChI=1S/C5H10N2O3/c1-6-7(10)4-2-3-5(8)9/h2-4H2,1H3,(H,8,9). The third-order valence-corrected chi connectivity index (χ3v) is 0.963. The predicted molar refractivity (Wildman–Crippen MR) is 33.7 cm³/mol. The third kappa shape index (κ3) is 5.02. The minimum absolute atomic E-state index is 0.0221. The molecule has 0 radical (unpaired) electrons. The van der Waals surface area contributed by atoms with Crippen LogP contribution in [-0.2, 0) is 4.79 Å². The van der Waals surface area contributed by atoms with Crippen molar-refractivity contribution in [2.45, 2.75) is 12.8 Å². The topological polar surface area (TPSA) is 75.7 Å². The van der Waals surface area contributed by atoms with E-state index in [1.807, 2.05) is 0 Å². The number of hydrogen-bond acceptors (Lipinski definition) is 3. The molecular weight excluding hydrogens is 136 g/mol. The smallest absolute Gasteiger partial charge is 0.303 e. The minimum Gasteiger partial charge on any atom is -0.600 e. The Balaban J connectivity index is 3.29. The molecule has 0 atom stereocenters. The molecule has 0 saturated carbocycles. The molecule has 0 aromatic heterocycles. The van der Waals surface area contributed by atoms with Crippen molar-refractivity contribution < 1.29 is 14.8 Å². The quantitative estimate of drug-likeness (QED) is 0.355. The normalized spacial score (nSPS) is 11.5. The van der Waals surface area contributed by atoms with E-state index < -0.39 is 5.97 Å². The van der Waals surface area contributed by atoms with Gasteiger partial charge in [0.1, 0.15) is 0 Å². The highest BCUT2D eigenvalue weighted by atomic mass is 16.5. The van der Waals surface area contributed by atoms with Gasteiger partial charge >= 0.3 is 5.97 Å². The molecule has 0 aliphatic carbocycles. The van der Waals surface area contributed by atoms with Crippen molar-refractivity contribution in [2.75, 3.05) is 13.6 Å². The number of azo groups is 1. The van der Waals surface area contributed by atoms with E-state index >= 15 is 0 Å². The largest absolute Gasteiger partial charge is 0.600 e. The summed E-state index contributed by atoms with van der Waals surface area (Å²) in [6, 6.07) is 0. The molecule has 0 amide bonds. The van der Waals surface area contributed by atoms with Gasteiger partial charge in [0.05, 0.1) is 13.5 Å². The van der Waals surface area contributed by atoms with Crippen LogP contribution in [0.1, 0.15) is 12.8 Å². The summed E-state index contributed by atoms with van der Waals surface area (Å²) in [5.74, 6) is -0.885. The lowest BCUT2D eigenvalue weighted by Gasteiger charge is -1.96. The lowest BCUT2D eigenvalue weighted by molar-refractivity contribution is -0.528. The Hall–Kier alpha value is -1.13. The SMILES string of the molecule is CN=[N+]([O-])CCCC(=O)O. The van der Waals surface area contributed by atoms with Gasteiger partial charge in [0.25, 0.3) is 0 Å². The summed E-state index contributed by atoms with van der Waals surface area (Å²) >= 11 is 0. The molecule has 0 aliphatic rings. The maximum absolute atomic E-state index is 10.4. The number of hydroxylamine groups is 1. The Labute approximate surface area is 58.6 Å². The Morgan fingerprint density at radius 3 is 2.80 bits per heavy atom. The van der Waals surface area contributed by atoms with Gasteiger partial charge in [-0.15, -0.1) is 0 Å². The molecule has 0 spiro atoms. The summed E-state index contributed by atoms with van der Waals surface area (Å²) in [7, 11) is 1.37. The van der Waals surface area contributed by atoms with Gasteiger partial charge in [-0.2, -0.15) is 0 Å². The number of hydrogen-bond donors (Lipinski definition) is 1. The zero-order chi connectivity index (χ0) is 7.98. The van der Waals surface area contributed by atoms with Crippen LogP contribution in [0.15, 0.2) is 5.11 Å². The van der Waals surface area contributed by atoms with Crippen LogP contribution in [0.25, 0.3) is 0 Å². The Kier molecular flexibility index (Phi) is 4.19. The summed E-state index contributed by atoms with van der Waals surface area (Å²) in [4.78, 5) is 10.4. The number of carboxylic acids is 1. The number of nitrogens with zero attached hydrogens (tertiary/aromatic N) is 2. The molecule has 0 saturated heterocycles. The molecular formula is C5H10N2O3. The molecule has 0 aromatic carbocycles. The van der Waals surface area contributed by atoms with E-state index in [2.05, 4.69) is 5.11 Å². The molecule has 5 heteroatoms. The summed E-state index contributed by atoms with van der Waals surface area (Å²) in [6.45, 7) is 0.156. The van der Waals surface area contributed by atoms with Gasteiger partial charge in [-0.25, -0.2) is 0 Å². The van der Waals surface area contributed by atoms with Crippen molar-refractivity contribution in [1.29, 1.82) is 0 Å². The zero-order valence-electron chi connectivity index (χ0n) is 5.78. The fraction of sp³-hybridized carbons (Fsp3) is 0.800. The first-order valence-corrected chi connectivity index (χ1v) is 2.93. The van der Waals surface area contributed by atoms with Crippen LogP contribution in [0.4, 0.5) is 0 Å². The average molecular weight is 146 g/mol. The van der Waals surface area contributed by atoms with Crippen LogP contribution in [0, 0.1) is 5.21 Å². The molecule has 0 fully saturated rings. The van der Waals surface area contributed by atoms with Crippen LogP contribution < -0.4 is 0 Å². The van der Waals surface area contributed by atoms with Gasteiger partial charge < -0.3 is 10.3 Å². The van der Waals surface area contributed by atoms with Crippen LogP contribution >= 0.6 is 0 Å². The molecule has 0 bridgehead atoms. The van der Waals surface area contributed by atoms with E-state index in [9.17, 15) is 10.0 Å². The molecule has 58 valence electrons. The number of aliphatic carboxylic acids is 1. The Morgan fingerprint density at radius 1 is 1.80 bits per heavy atom. The number of carboxylic acid groups (broad SMARTS) is 1. The van der Waals surface area contributed by atoms with Crippen molar-refractivity contribution >= 4 is 5.97 Å². The van der Waals surface area contributed by atoms with Gasteiger partial charge in [0, 0.05) is 6.42 Å². The van der Waals surface area contributed by atoms with Crippen LogP contribution in [-0.4, -0.2) is 29.5 Å².